The number of hydrogen-bond donors (Lipinski definition) is 1. The highest BCUT2D eigenvalue weighted by molar-refractivity contribution is 7.12. The number of ketones is 1. The zero-order valence-electron chi connectivity index (χ0n) is 14.5. The monoisotopic (exact) mass is 363 g/mol. The lowest BCUT2D eigenvalue weighted by atomic mass is 9.80. The van der Waals surface area contributed by atoms with Crippen LogP contribution < -0.4 is 5.32 Å². The fourth-order valence-corrected chi connectivity index (χ4v) is 3.37. The van der Waals surface area contributed by atoms with Gasteiger partial charge in [-0.1, -0.05) is 6.07 Å². The third-order valence-electron chi connectivity index (χ3n) is 3.89. The maximum Gasteiger partial charge on any atom is 0.314 e. The third kappa shape index (κ3) is 4.27. The molecule has 1 aromatic rings. The van der Waals surface area contributed by atoms with Crippen LogP contribution in [0.4, 0.5) is 0 Å². The van der Waals surface area contributed by atoms with Crippen molar-refractivity contribution in [2.75, 3.05) is 27.8 Å². The third-order valence-corrected chi connectivity index (χ3v) is 4.76. The molecule has 0 aromatic carbocycles. The fourth-order valence-electron chi connectivity index (χ4n) is 2.70. The lowest BCUT2D eigenvalue weighted by Gasteiger charge is -2.22. The van der Waals surface area contributed by atoms with E-state index in [4.69, 9.17) is 9.47 Å². The van der Waals surface area contributed by atoms with E-state index in [0.29, 0.717) is 17.2 Å². The number of Topliss-reactive ketones (excluding diaryl/α,β-unsaturated/α-hetero) is 1. The summed E-state index contributed by atoms with van der Waals surface area (Å²) in [6, 6.07) is 3.47. The number of ether oxygens (including phenoxy) is 2. The Morgan fingerprint density at radius 1 is 1.12 bits per heavy atom. The van der Waals surface area contributed by atoms with Crippen LogP contribution in [0.1, 0.15) is 22.5 Å². The summed E-state index contributed by atoms with van der Waals surface area (Å²) in [5.74, 6) is -0.334. The van der Waals surface area contributed by atoms with Gasteiger partial charge < -0.3 is 14.8 Å². The summed E-state index contributed by atoms with van der Waals surface area (Å²) < 4.78 is 9.63. The highest BCUT2D eigenvalue weighted by atomic mass is 32.1. The number of hydrogen-bond acceptors (Lipinski definition) is 6. The van der Waals surface area contributed by atoms with Crippen LogP contribution in [0.25, 0.3) is 0 Å². The Labute approximate surface area is 151 Å². The van der Waals surface area contributed by atoms with E-state index in [1.165, 1.54) is 32.0 Å². The Balaban J connectivity index is 2.35. The second kappa shape index (κ2) is 9.10. The molecule has 1 fully saturated rings. The summed E-state index contributed by atoms with van der Waals surface area (Å²) >= 11 is 1.29. The quantitative estimate of drug-likeness (QED) is 0.419. The topological polar surface area (TPSA) is 86.3 Å². The largest absolute Gasteiger partial charge is 0.469 e. The summed E-state index contributed by atoms with van der Waals surface area (Å²) in [4.78, 5) is 37.8. The van der Waals surface area contributed by atoms with Gasteiger partial charge in [0.15, 0.2) is 5.78 Å². The van der Waals surface area contributed by atoms with Gasteiger partial charge in [0.1, 0.15) is 5.92 Å². The minimum absolute atomic E-state index is 0.108. The number of esters is 2. The number of quaternary nitrogens is 1. The van der Waals surface area contributed by atoms with E-state index in [1.807, 2.05) is 12.4 Å². The van der Waals surface area contributed by atoms with Crippen molar-refractivity contribution < 1.29 is 29.2 Å². The smallest absolute Gasteiger partial charge is 0.314 e. The van der Waals surface area contributed by atoms with Crippen molar-refractivity contribution in [2.45, 2.75) is 12.8 Å². The Morgan fingerprint density at radius 3 is 2.36 bits per heavy atom. The van der Waals surface area contributed by atoms with Crippen molar-refractivity contribution in [2.24, 2.45) is 0 Å². The Kier molecular flexibility index (Phi) is 7.13. The molecule has 0 atom stereocenters. The molecule has 5 radical (unpaired) electrons. The van der Waals surface area contributed by atoms with Gasteiger partial charge in [0.05, 0.1) is 44.5 Å². The molecule has 2 N–H and O–H groups in total. The lowest BCUT2D eigenvalue weighted by Crippen LogP contribution is -2.79. The number of rotatable bonds is 8. The molecule has 1 saturated carbocycles. The summed E-state index contributed by atoms with van der Waals surface area (Å²) in [5, 5.41) is 3.81. The van der Waals surface area contributed by atoms with E-state index >= 15 is 0 Å². The number of carbonyl (C=O) groups is 3. The van der Waals surface area contributed by atoms with Gasteiger partial charge in [-0.2, -0.15) is 0 Å². The van der Waals surface area contributed by atoms with Crippen molar-refractivity contribution in [1.82, 2.24) is 0 Å². The highest BCUT2D eigenvalue weighted by Gasteiger charge is 2.55. The maximum absolute atomic E-state index is 13.0. The summed E-state index contributed by atoms with van der Waals surface area (Å²) in [6.45, 7) is 0.839. The molecule has 2 rings (SSSR count). The Morgan fingerprint density at radius 2 is 1.80 bits per heavy atom. The SMILES string of the molecule is C[NH2+]CCC[C]1[C](C(=O)OC)[CH][C](C(=O)OC)[C]1C(=O)c1cccs1. The first-order valence-corrected chi connectivity index (χ1v) is 8.78. The number of methoxy groups -OCH3 is 2. The van der Waals surface area contributed by atoms with Gasteiger partial charge in [-0.25, -0.2) is 0 Å². The van der Waals surface area contributed by atoms with Crippen LogP contribution >= 0.6 is 11.3 Å². The van der Waals surface area contributed by atoms with Crippen LogP contribution in [0.15, 0.2) is 17.5 Å². The molecule has 0 unspecified atom stereocenters. The Hall–Kier alpha value is -1.73. The first-order chi connectivity index (χ1) is 12.0. The van der Waals surface area contributed by atoms with Gasteiger partial charge in [0.25, 0.3) is 0 Å². The molecular weight excluding hydrogens is 342 g/mol. The van der Waals surface area contributed by atoms with Crippen molar-refractivity contribution in [3.8, 4) is 0 Å². The molecule has 1 aromatic heterocycles. The van der Waals surface area contributed by atoms with Crippen LogP contribution in [0, 0.1) is 30.1 Å². The summed E-state index contributed by atoms with van der Waals surface area (Å²) in [6.07, 6.45) is 2.66. The Bertz CT molecular complexity index is 601. The number of thiophene rings is 1. The molecular formula is C18H21NO5S+. The van der Waals surface area contributed by atoms with E-state index < -0.39 is 11.9 Å². The predicted octanol–water partition coefficient (Wildman–Crippen LogP) is 0.766. The molecule has 6 nitrogen and oxygen atoms in total. The second-order valence-electron chi connectivity index (χ2n) is 5.42. The molecule has 0 bridgehead atoms. The molecule has 0 spiro atoms. The molecule has 1 aliphatic carbocycles. The first-order valence-electron chi connectivity index (χ1n) is 7.90. The van der Waals surface area contributed by atoms with Crippen LogP contribution in [0.5, 0.6) is 0 Å². The van der Waals surface area contributed by atoms with Crippen LogP contribution in [-0.2, 0) is 19.1 Å². The van der Waals surface area contributed by atoms with Crippen LogP contribution in [-0.4, -0.2) is 45.5 Å². The van der Waals surface area contributed by atoms with Crippen LogP contribution in [0.3, 0.4) is 0 Å². The molecule has 0 amide bonds. The van der Waals surface area contributed by atoms with Gasteiger partial charge in [-0.3, -0.25) is 14.4 Å². The van der Waals surface area contributed by atoms with E-state index in [1.54, 1.807) is 17.5 Å². The first kappa shape index (κ1) is 19.6. The molecule has 1 heterocycles. The highest BCUT2D eigenvalue weighted by Crippen LogP contribution is 2.51. The van der Waals surface area contributed by atoms with Crippen LogP contribution in [0.2, 0.25) is 0 Å². The minimum Gasteiger partial charge on any atom is -0.469 e. The van der Waals surface area contributed by atoms with Gasteiger partial charge in [0, 0.05) is 12.3 Å². The normalized spacial score (nSPS) is 16.9. The minimum atomic E-state index is -0.640. The molecule has 0 saturated heterocycles. The molecule has 0 aliphatic heterocycles. The average molecular weight is 363 g/mol. The molecule has 25 heavy (non-hydrogen) atoms. The maximum atomic E-state index is 13.0. The predicted molar refractivity (Wildman–Crippen MR) is 91.9 cm³/mol. The number of carbonyl (C=O) groups excluding carboxylic acids is 3. The van der Waals surface area contributed by atoms with Gasteiger partial charge in [-0.15, -0.1) is 11.3 Å². The van der Waals surface area contributed by atoms with Gasteiger partial charge >= 0.3 is 11.9 Å². The summed E-state index contributed by atoms with van der Waals surface area (Å²) in [7, 11) is 4.47. The van der Waals surface area contributed by atoms with Crippen molar-refractivity contribution in [3.05, 3.63) is 52.5 Å². The van der Waals surface area contributed by atoms with Gasteiger partial charge in [-0.05, 0) is 24.3 Å². The molecule has 133 valence electrons. The van der Waals surface area contributed by atoms with Crippen molar-refractivity contribution >= 4 is 29.1 Å². The van der Waals surface area contributed by atoms with E-state index in [-0.39, 0.29) is 23.5 Å². The molecule has 7 heteroatoms. The lowest BCUT2D eigenvalue weighted by molar-refractivity contribution is -0.627. The van der Waals surface area contributed by atoms with E-state index in [2.05, 4.69) is 0 Å². The zero-order chi connectivity index (χ0) is 18.4. The van der Waals surface area contributed by atoms with Crippen molar-refractivity contribution in [3.63, 3.8) is 0 Å². The van der Waals surface area contributed by atoms with E-state index in [0.717, 1.165) is 13.0 Å². The number of nitrogens with two attached hydrogens (primary N) is 1. The average Bonchev–Trinajstić information content (AvgIpc) is 3.28. The summed E-state index contributed by atoms with van der Waals surface area (Å²) in [5.41, 5.74) is 0. The standard InChI is InChI=1S/C18H20NO5S/c1-19-8-4-6-11-12(17(21)23-2)10-13(18(22)24-3)15(11)16(20)14-7-5-9-25-14/h5,7,9-10,19H,4,6,8H2,1-3H3/p+1. The second-order valence-corrected chi connectivity index (χ2v) is 6.36. The zero-order valence-corrected chi connectivity index (χ0v) is 15.3. The van der Waals surface area contributed by atoms with Crippen molar-refractivity contribution in [1.29, 1.82) is 0 Å². The van der Waals surface area contributed by atoms with Gasteiger partial charge in [0.2, 0.25) is 0 Å². The molecule has 1 aliphatic rings. The van der Waals surface area contributed by atoms with E-state index in [9.17, 15) is 14.4 Å². The fraction of sp³-hybridized carbons (Fsp3) is 0.333.